The topological polar surface area (TPSA) is 98.9 Å². The standard InChI is InChI=1S/C29H48N6/c1-20-11-23-12-21(2)14-28(13-20,15-23)19-35-9-7-29(8-10-35)16-24(29)17-34-27(32)6-5-26(31)25(18-33-4)22(3)30/h5-6,18,20-21,23-24,30-31,33H,7-17,19H2,1-4H3,(H2,32,34)/b6-5-,25-18+,30-22?,31-26?. The molecule has 4 aliphatic rings. The van der Waals surface area contributed by atoms with Gasteiger partial charge in [-0.05, 0) is 118 Å². The van der Waals surface area contributed by atoms with Crippen molar-refractivity contribution in [1.29, 1.82) is 16.2 Å². The minimum absolute atomic E-state index is 0.249. The zero-order valence-corrected chi connectivity index (χ0v) is 22.5. The molecule has 1 aliphatic heterocycles. The van der Waals surface area contributed by atoms with Gasteiger partial charge in [-0.3, -0.25) is 5.41 Å². The average molecular weight is 481 g/mol. The fourth-order valence-electron chi connectivity index (χ4n) is 8.15. The Hall–Kier alpha value is -1.95. The number of fused-ring (bicyclic) bond motifs is 2. The molecule has 1 spiro atoms. The van der Waals surface area contributed by atoms with E-state index in [1.54, 1.807) is 32.3 Å². The highest BCUT2D eigenvalue weighted by Crippen LogP contribution is 2.60. The molecule has 1 heterocycles. The Morgan fingerprint density at radius 2 is 1.63 bits per heavy atom. The zero-order valence-electron chi connectivity index (χ0n) is 22.5. The first kappa shape index (κ1) is 26.1. The van der Waals surface area contributed by atoms with Gasteiger partial charge >= 0.3 is 0 Å². The maximum Gasteiger partial charge on any atom is 0.118 e. The number of amidine groups is 1. The van der Waals surface area contributed by atoms with Crippen molar-refractivity contribution in [2.45, 2.75) is 72.1 Å². The molecule has 4 fully saturated rings. The van der Waals surface area contributed by atoms with Gasteiger partial charge in [-0.2, -0.15) is 0 Å². The monoisotopic (exact) mass is 480 g/mol. The van der Waals surface area contributed by atoms with Gasteiger partial charge in [0, 0.05) is 37.6 Å². The quantitative estimate of drug-likeness (QED) is 0.231. The summed E-state index contributed by atoms with van der Waals surface area (Å²) in [6.45, 7) is 11.4. The second-order valence-electron chi connectivity index (χ2n) is 12.7. The lowest BCUT2D eigenvalue weighted by molar-refractivity contribution is -0.0181. The van der Waals surface area contributed by atoms with E-state index in [2.05, 4.69) is 29.4 Å². The Morgan fingerprint density at radius 3 is 2.23 bits per heavy atom. The summed E-state index contributed by atoms with van der Waals surface area (Å²) >= 11 is 0. The minimum Gasteiger partial charge on any atom is -0.393 e. The van der Waals surface area contributed by atoms with Crippen LogP contribution in [0.1, 0.15) is 72.1 Å². The summed E-state index contributed by atoms with van der Waals surface area (Å²) in [5.41, 5.74) is 2.22. The van der Waals surface area contributed by atoms with Crippen LogP contribution in [0.3, 0.4) is 0 Å². The van der Waals surface area contributed by atoms with Gasteiger partial charge in [0.05, 0.1) is 5.71 Å². The number of likely N-dealkylation sites (tertiary alicyclic amines) is 1. The Bertz CT molecular complexity index is 858. The molecule has 0 aromatic rings. The lowest BCUT2D eigenvalue weighted by Crippen LogP contribution is -2.48. The van der Waals surface area contributed by atoms with Gasteiger partial charge in [-0.25, -0.2) is 0 Å². The van der Waals surface area contributed by atoms with Crippen LogP contribution in [0.25, 0.3) is 0 Å². The average Bonchev–Trinajstić information content (AvgIpc) is 3.46. The molecule has 3 atom stereocenters. The van der Waals surface area contributed by atoms with Gasteiger partial charge in [0.1, 0.15) is 5.84 Å². The van der Waals surface area contributed by atoms with Gasteiger partial charge in [0.25, 0.3) is 0 Å². The highest BCUT2D eigenvalue weighted by Gasteiger charge is 2.55. The summed E-state index contributed by atoms with van der Waals surface area (Å²) in [7, 11) is 1.77. The highest BCUT2D eigenvalue weighted by molar-refractivity contribution is 6.26. The minimum atomic E-state index is 0.249. The van der Waals surface area contributed by atoms with E-state index in [0.29, 0.717) is 33.9 Å². The molecule has 6 nitrogen and oxygen atoms in total. The Morgan fingerprint density at radius 1 is 0.971 bits per heavy atom. The summed E-state index contributed by atoms with van der Waals surface area (Å²) in [6.07, 6.45) is 16.1. The summed E-state index contributed by atoms with van der Waals surface area (Å²) in [4.78, 5) is 2.80. The van der Waals surface area contributed by atoms with E-state index in [9.17, 15) is 0 Å². The van der Waals surface area contributed by atoms with E-state index in [1.807, 2.05) is 0 Å². The maximum atomic E-state index is 8.24. The predicted molar refractivity (Wildman–Crippen MR) is 147 cm³/mol. The van der Waals surface area contributed by atoms with E-state index in [-0.39, 0.29) is 5.71 Å². The van der Waals surface area contributed by atoms with Crippen LogP contribution in [0.15, 0.2) is 23.9 Å². The number of piperidine rings is 1. The fourth-order valence-corrected chi connectivity index (χ4v) is 8.15. The summed E-state index contributed by atoms with van der Waals surface area (Å²) in [5, 5.41) is 30.4. The second-order valence-corrected chi connectivity index (χ2v) is 12.7. The van der Waals surface area contributed by atoms with Crippen molar-refractivity contribution in [1.82, 2.24) is 15.5 Å². The maximum absolute atomic E-state index is 8.24. The molecule has 4 rings (SSSR count). The zero-order chi connectivity index (χ0) is 25.2. The number of nitrogens with zero attached hydrogens (tertiary/aromatic N) is 1. The molecule has 0 amide bonds. The number of hydrogen-bond acceptors (Lipinski definition) is 5. The van der Waals surface area contributed by atoms with Gasteiger partial charge < -0.3 is 26.4 Å². The van der Waals surface area contributed by atoms with Crippen molar-refractivity contribution < 1.29 is 0 Å². The van der Waals surface area contributed by atoms with Crippen LogP contribution in [-0.2, 0) is 0 Å². The molecular formula is C29H48N6. The summed E-state index contributed by atoms with van der Waals surface area (Å²) in [6, 6.07) is 0. The third-order valence-corrected chi connectivity index (χ3v) is 9.46. The fraction of sp³-hybridized carbons (Fsp3) is 0.759. The third kappa shape index (κ3) is 6.25. The van der Waals surface area contributed by atoms with Crippen LogP contribution in [0, 0.1) is 50.7 Å². The Labute approximate surface area is 212 Å². The van der Waals surface area contributed by atoms with Crippen LogP contribution in [0.4, 0.5) is 0 Å². The van der Waals surface area contributed by atoms with Crippen molar-refractivity contribution in [3.63, 3.8) is 0 Å². The van der Waals surface area contributed by atoms with Gasteiger partial charge in [0.2, 0.25) is 0 Å². The largest absolute Gasteiger partial charge is 0.393 e. The molecule has 3 saturated carbocycles. The molecule has 3 unspecified atom stereocenters. The van der Waals surface area contributed by atoms with E-state index in [4.69, 9.17) is 16.2 Å². The predicted octanol–water partition coefficient (Wildman–Crippen LogP) is 5.23. The molecule has 0 aromatic heterocycles. The van der Waals surface area contributed by atoms with Crippen LogP contribution < -0.4 is 10.6 Å². The summed E-state index contributed by atoms with van der Waals surface area (Å²) in [5.74, 6) is 3.82. The lowest BCUT2D eigenvalue weighted by Gasteiger charge is -2.52. The van der Waals surface area contributed by atoms with E-state index in [0.717, 1.165) is 24.3 Å². The van der Waals surface area contributed by atoms with Gasteiger partial charge in [-0.15, -0.1) is 0 Å². The van der Waals surface area contributed by atoms with Crippen LogP contribution >= 0.6 is 0 Å². The SMILES string of the molecule is CN/C=C(\C(C)=N)C(=N)/C=C\C(=N)NCC1CC12CCN(CC13CC(C)CC(CC(C)C1)C3)CC2. The normalized spacial score (nSPS) is 34.6. The smallest absolute Gasteiger partial charge is 0.118 e. The van der Waals surface area contributed by atoms with Gasteiger partial charge in [-0.1, -0.05) is 13.8 Å². The van der Waals surface area contributed by atoms with Gasteiger partial charge in [0.15, 0.2) is 0 Å². The van der Waals surface area contributed by atoms with Crippen molar-refractivity contribution in [3.05, 3.63) is 23.9 Å². The van der Waals surface area contributed by atoms with Crippen molar-refractivity contribution in [2.24, 2.45) is 34.5 Å². The Balaban J connectivity index is 1.21. The molecule has 3 aliphatic carbocycles. The van der Waals surface area contributed by atoms with Crippen molar-refractivity contribution >= 4 is 17.3 Å². The number of rotatable bonds is 9. The van der Waals surface area contributed by atoms with Crippen LogP contribution in [0.5, 0.6) is 0 Å². The molecule has 2 bridgehead atoms. The first-order chi connectivity index (χ1) is 16.6. The Kier molecular flexibility index (Phi) is 7.89. The molecule has 5 N–H and O–H groups in total. The van der Waals surface area contributed by atoms with E-state index < -0.39 is 0 Å². The number of hydrogen-bond donors (Lipinski definition) is 5. The molecule has 0 radical (unpaired) electrons. The molecule has 0 aromatic carbocycles. The highest BCUT2D eigenvalue weighted by atomic mass is 15.1. The number of allylic oxidation sites excluding steroid dienone is 2. The van der Waals surface area contributed by atoms with Crippen molar-refractivity contribution in [3.8, 4) is 0 Å². The molecule has 6 heteroatoms. The first-order valence-corrected chi connectivity index (χ1v) is 13.9. The van der Waals surface area contributed by atoms with Crippen molar-refractivity contribution in [2.75, 3.05) is 33.2 Å². The molecule has 1 saturated heterocycles. The third-order valence-electron chi connectivity index (χ3n) is 9.46. The van der Waals surface area contributed by atoms with E-state index in [1.165, 1.54) is 71.0 Å². The molecule has 194 valence electrons. The summed E-state index contributed by atoms with van der Waals surface area (Å²) < 4.78 is 0. The van der Waals surface area contributed by atoms with Crippen LogP contribution in [0.2, 0.25) is 0 Å². The second kappa shape index (κ2) is 10.6. The van der Waals surface area contributed by atoms with Crippen LogP contribution in [-0.4, -0.2) is 55.4 Å². The molecular weight excluding hydrogens is 432 g/mol. The lowest BCUT2D eigenvalue weighted by atomic mass is 9.56. The first-order valence-electron chi connectivity index (χ1n) is 13.9. The number of nitrogens with one attached hydrogen (secondary N) is 5. The van der Waals surface area contributed by atoms with E-state index >= 15 is 0 Å². The molecule has 35 heavy (non-hydrogen) atoms.